The van der Waals surface area contributed by atoms with Crippen molar-refractivity contribution in [2.45, 2.75) is 40.0 Å². The van der Waals surface area contributed by atoms with Gasteiger partial charge in [0.25, 0.3) is 0 Å². The van der Waals surface area contributed by atoms with Crippen molar-refractivity contribution < 1.29 is 0 Å². The standard InChI is InChI=1S/C41H38N2/c1-5-8-15-29(4)30-16-13-17-31(24-30)34-26-35(28-42-27-34)32-18-14-19-33(25-32)36(6-2)39(7-3)43-40-22-11-9-20-37(40)38-21-10-12-23-41(38)43/h6-29H,5H2,1-4H3/b15-8-,36-6-,39-7+. The molecule has 0 saturated carbocycles. The van der Waals surface area contributed by atoms with E-state index in [0.29, 0.717) is 5.92 Å². The molecule has 1 unspecified atom stereocenters. The van der Waals surface area contributed by atoms with Crippen LogP contribution in [0.3, 0.4) is 0 Å². The van der Waals surface area contributed by atoms with E-state index in [4.69, 9.17) is 0 Å². The smallest absolute Gasteiger partial charge is 0.0541 e. The number of hydrogen-bond acceptors (Lipinski definition) is 1. The number of pyridine rings is 1. The lowest BCUT2D eigenvalue weighted by Gasteiger charge is -2.17. The Kier molecular flexibility index (Phi) is 8.20. The molecule has 0 aliphatic carbocycles. The van der Waals surface area contributed by atoms with Gasteiger partial charge in [0.2, 0.25) is 0 Å². The van der Waals surface area contributed by atoms with Crippen molar-refractivity contribution in [3.05, 3.63) is 151 Å². The molecule has 2 nitrogen and oxygen atoms in total. The Hall–Kier alpha value is -4.95. The van der Waals surface area contributed by atoms with Crippen molar-refractivity contribution in [3.63, 3.8) is 0 Å². The second kappa shape index (κ2) is 12.5. The first kappa shape index (κ1) is 28.2. The van der Waals surface area contributed by atoms with Crippen molar-refractivity contribution in [1.29, 1.82) is 0 Å². The topological polar surface area (TPSA) is 17.8 Å². The van der Waals surface area contributed by atoms with Gasteiger partial charge in [-0.15, -0.1) is 0 Å². The van der Waals surface area contributed by atoms with Crippen LogP contribution >= 0.6 is 0 Å². The average Bonchev–Trinajstić information content (AvgIpc) is 3.40. The summed E-state index contributed by atoms with van der Waals surface area (Å²) in [5.41, 5.74) is 11.9. The molecular weight excluding hydrogens is 520 g/mol. The minimum Gasteiger partial charge on any atom is -0.309 e. The molecule has 2 heteroatoms. The lowest BCUT2D eigenvalue weighted by molar-refractivity contribution is 0.957. The highest BCUT2D eigenvalue weighted by molar-refractivity contribution is 6.13. The van der Waals surface area contributed by atoms with Crippen LogP contribution in [0.2, 0.25) is 0 Å². The average molecular weight is 559 g/mol. The zero-order valence-electron chi connectivity index (χ0n) is 25.5. The summed E-state index contributed by atoms with van der Waals surface area (Å²) in [6.45, 7) is 8.69. The fourth-order valence-corrected chi connectivity index (χ4v) is 6.12. The third kappa shape index (κ3) is 5.49. The summed E-state index contributed by atoms with van der Waals surface area (Å²) in [6.07, 6.45) is 14.0. The normalized spacial score (nSPS) is 13.3. The maximum Gasteiger partial charge on any atom is 0.0541 e. The first-order valence-corrected chi connectivity index (χ1v) is 15.3. The molecule has 2 heterocycles. The van der Waals surface area contributed by atoms with Crippen LogP contribution in [0.5, 0.6) is 0 Å². The molecule has 0 fully saturated rings. The molecule has 0 aliphatic heterocycles. The number of aromatic nitrogens is 2. The van der Waals surface area contributed by atoms with Gasteiger partial charge in [-0.1, -0.05) is 117 Å². The Morgan fingerprint density at radius 1 is 0.698 bits per heavy atom. The molecule has 2 aromatic heterocycles. The SMILES string of the molecule is C/C=C(\C(=C/C)n1c2ccccc2c2ccccc21)c1cccc(-c2cncc(-c3cccc(C(C)/C=C\CC)c3)c2)c1. The monoisotopic (exact) mass is 558 g/mol. The van der Waals surface area contributed by atoms with E-state index in [1.807, 2.05) is 12.4 Å². The van der Waals surface area contributed by atoms with Gasteiger partial charge in [-0.2, -0.15) is 0 Å². The second-order valence-corrected chi connectivity index (χ2v) is 11.0. The number of nitrogens with zero attached hydrogens (tertiary/aromatic N) is 2. The largest absolute Gasteiger partial charge is 0.309 e. The van der Waals surface area contributed by atoms with E-state index in [1.54, 1.807) is 0 Å². The number of para-hydroxylation sites is 2. The van der Waals surface area contributed by atoms with Gasteiger partial charge >= 0.3 is 0 Å². The van der Waals surface area contributed by atoms with Crippen molar-refractivity contribution in [1.82, 2.24) is 9.55 Å². The summed E-state index contributed by atoms with van der Waals surface area (Å²) in [6, 6.07) is 37.3. The van der Waals surface area contributed by atoms with Crippen LogP contribution in [-0.4, -0.2) is 9.55 Å². The Morgan fingerprint density at radius 2 is 1.33 bits per heavy atom. The fraction of sp³-hybridized carbons (Fsp3) is 0.146. The van der Waals surface area contributed by atoms with Crippen LogP contribution in [0.25, 0.3) is 55.3 Å². The van der Waals surface area contributed by atoms with Gasteiger partial charge in [-0.25, -0.2) is 0 Å². The maximum atomic E-state index is 4.67. The molecule has 0 aliphatic rings. The van der Waals surface area contributed by atoms with E-state index in [2.05, 4.69) is 165 Å². The molecule has 212 valence electrons. The lowest BCUT2D eigenvalue weighted by Crippen LogP contribution is -2.00. The Labute approximate surface area is 255 Å². The summed E-state index contributed by atoms with van der Waals surface area (Å²) in [4.78, 5) is 4.67. The van der Waals surface area contributed by atoms with Crippen LogP contribution in [0, 0.1) is 0 Å². The highest BCUT2D eigenvalue weighted by Gasteiger charge is 2.17. The van der Waals surface area contributed by atoms with Crippen molar-refractivity contribution >= 4 is 33.1 Å². The Bertz CT molecular complexity index is 1950. The van der Waals surface area contributed by atoms with Gasteiger partial charge in [-0.3, -0.25) is 4.98 Å². The molecule has 0 radical (unpaired) electrons. The van der Waals surface area contributed by atoms with E-state index >= 15 is 0 Å². The molecule has 0 bridgehead atoms. The molecule has 0 N–H and O–H groups in total. The molecule has 6 rings (SSSR count). The number of fused-ring (bicyclic) bond motifs is 3. The molecule has 1 atom stereocenters. The van der Waals surface area contributed by atoms with Crippen LogP contribution in [-0.2, 0) is 0 Å². The predicted molar refractivity (Wildman–Crippen MR) is 186 cm³/mol. The van der Waals surface area contributed by atoms with Crippen LogP contribution in [0.1, 0.15) is 51.2 Å². The fourth-order valence-electron chi connectivity index (χ4n) is 6.12. The van der Waals surface area contributed by atoms with E-state index < -0.39 is 0 Å². The third-order valence-corrected chi connectivity index (χ3v) is 8.31. The number of benzene rings is 4. The molecule has 43 heavy (non-hydrogen) atoms. The van der Waals surface area contributed by atoms with E-state index in [-0.39, 0.29) is 0 Å². The predicted octanol–water partition coefficient (Wildman–Crippen LogP) is 11.6. The van der Waals surface area contributed by atoms with E-state index in [0.717, 1.165) is 23.1 Å². The van der Waals surface area contributed by atoms with Gasteiger partial charge in [0, 0.05) is 45.6 Å². The molecule has 0 saturated heterocycles. The molecule has 6 aromatic rings. The molecular formula is C41H38N2. The van der Waals surface area contributed by atoms with Crippen LogP contribution in [0.4, 0.5) is 0 Å². The molecule has 0 amide bonds. The number of hydrogen-bond donors (Lipinski definition) is 0. The summed E-state index contributed by atoms with van der Waals surface area (Å²) in [5.74, 6) is 0.377. The zero-order valence-corrected chi connectivity index (χ0v) is 25.5. The number of allylic oxidation sites excluding steroid dienone is 6. The van der Waals surface area contributed by atoms with Crippen LogP contribution < -0.4 is 0 Å². The quantitative estimate of drug-likeness (QED) is 0.134. The van der Waals surface area contributed by atoms with Crippen molar-refractivity contribution in [2.75, 3.05) is 0 Å². The summed E-state index contributed by atoms with van der Waals surface area (Å²) < 4.78 is 2.40. The van der Waals surface area contributed by atoms with Gasteiger partial charge in [0.05, 0.1) is 11.0 Å². The highest BCUT2D eigenvalue weighted by Crippen LogP contribution is 2.38. The summed E-state index contributed by atoms with van der Waals surface area (Å²) in [7, 11) is 0. The Balaban J connectivity index is 1.38. The lowest BCUT2D eigenvalue weighted by atomic mass is 9.94. The summed E-state index contributed by atoms with van der Waals surface area (Å²) >= 11 is 0. The molecule has 0 spiro atoms. The number of rotatable bonds is 8. The first-order chi connectivity index (χ1) is 21.1. The van der Waals surface area contributed by atoms with Gasteiger partial charge in [-0.05, 0) is 72.7 Å². The van der Waals surface area contributed by atoms with E-state index in [9.17, 15) is 0 Å². The zero-order chi connectivity index (χ0) is 29.8. The van der Waals surface area contributed by atoms with Crippen LogP contribution in [0.15, 0.2) is 140 Å². The van der Waals surface area contributed by atoms with Crippen molar-refractivity contribution in [2.24, 2.45) is 0 Å². The first-order valence-electron chi connectivity index (χ1n) is 15.3. The van der Waals surface area contributed by atoms with E-state index in [1.165, 1.54) is 49.8 Å². The highest BCUT2D eigenvalue weighted by atomic mass is 15.0. The van der Waals surface area contributed by atoms with Gasteiger partial charge in [0.1, 0.15) is 0 Å². The maximum absolute atomic E-state index is 4.67. The second-order valence-electron chi connectivity index (χ2n) is 11.0. The minimum atomic E-state index is 0.377. The van der Waals surface area contributed by atoms with Gasteiger partial charge < -0.3 is 4.57 Å². The summed E-state index contributed by atoms with van der Waals surface area (Å²) in [5, 5.41) is 2.54. The third-order valence-electron chi connectivity index (χ3n) is 8.31. The Morgan fingerprint density at radius 3 is 1.95 bits per heavy atom. The van der Waals surface area contributed by atoms with Gasteiger partial charge in [0.15, 0.2) is 0 Å². The van der Waals surface area contributed by atoms with Crippen molar-refractivity contribution in [3.8, 4) is 22.3 Å². The molecule has 4 aromatic carbocycles. The minimum absolute atomic E-state index is 0.377.